The van der Waals surface area contributed by atoms with Crippen molar-refractivity contribution < 1.29 is 4.79 Å². The van der Waals surface area contributed by atoms with Gasteiger partial charge in [-0.2, -0.15) is 0 Å². The Bertz CT molecular complexity index is 161. The van der Waals surface area contributed by atoms with E-state index in [0.717, 1.165) is 0 Å². The number of carbonyl (C=O) groups excluding carboxylic acids is 1. The first kappa shape index (κ1) is 8.37. The number of amides is 2. The van der Waals surface area contributed by atoms with Crippen molar-refractivity contribution in [3.05, 3.63) is 0 Å². The summed E-state index contributed by atoms with van der Waals surface area (Å²) in [5.41, 5.74) is -0.0277. The van der Waals surface area contributed by atoms with Crippen LogP contribution in [0.2, 0.25) is 0 Å². The first-order valence-electron chi connectivity index (χ1n) is 4.06. The van der Waals surface area contributed by atoms with Crippen LogP contribution >= 0.6 is 0 Å². The highest BCUT2D eigenvalue weighted by Crippen LogP contribution is 2.38. The Hall–Kier alpha value is -0.730. The molecule has 0 aromatic carbocycles. The van der Waals surface area contributed by atoms with E-state index in [1.807, 2.05) is 0 Å². The van der Waals surface area contributed by atoms with E-state index in [9.17, 15) is 4.79 Å². The predicted octanol–water partition coefficient (Wildman–Crippen LogP) is 1.10. The molecule has 0 heterocycles. The summed E-state index contributed by atoms with van der Waals surface area (Å²) in [6.45, 7) is 4.14. The van der Waals surface area contributed by atoms with Crippen LogP contribution in [-0.2, 0) is 0 Å². The number of hydrogen-bond donors (Lipinski definition) is 2. The summed E-state index contributed by atoms with van der Waals surface area (Å²) in [4.78, 5) is 10.9. The first-order valence-corrected chi connectivity index (χ1v) is 4.06. The van der Waals surface area contributed by atoms with Gasteiger partial charge in [0.2, 0.25) is 0 Å². The maximum atomic E-state index is 10.9. The lowest BCUT2D eigenvalue weighted by molar-refractivity contribution is 0.227. The fourth-order valence-corrected chi connectivity index (χ4v) is 1.26. The van der Waals surface area contributed by atoms with Crippen molar-refractivity contribution in [1.82, 2.24) is 10.6 Å². The van der Waals surface area contributed by atoms with Gasteiger partial charge in [-0.1, -0.05) is 0 Å². The molecule has 2 N–H and O–H groups in total. The van der Waals surface area contributed by atoms with Crippen molar-refractivity contribution >= 4 is 6.03 Å². The minimum atomic E-state index is -0.0816. The third-order valence-electron chi connectivity index (χ3n) is 2.26. The molecule has 0 aliphatic heterocycles. The minimum Gasteiger partial charge on any atom is -0.341 e. The molecule has 1 rings (SSSR count). The largest absolute Gasteiger partial charge is 0.341 e. The molecule has 0 saturated heterocycles. The fraction of sp³-hybridized carbons (Fsp3) is 0.875. The Kier molecular flexibility index (Phi) is 2.07. The highest BCUT2D eigenvalue weighted by atomic mass is 16.2. The molecule has 11 heavy (non-hydrogen) atoms. The Labute approximate surface area is 67.5 Å². The molecule has 0 bridgehead atoms. The molecule has 3 nitrogen and oxygen atoms in total. The summed E-state index contributed by atoms with van der Waals surface area (Å²) in [6.07, 6.45) is 2.49. The number of carbonyl (C=O) groups is 1. The molecule has 1 aliphatic carbocycles. The molecule has 1 fully saturated rings. The predicted molar refractivity (Wildman–Crippen MR) is 44.4 cm³/mol. The number of rotatable bonds is 2. The smallest absolute Gasteiger partial charge is 0.314 e. The molecule has 2 amide bonds. The Morgan fingerprint density at radius 3 is 2.36 bits per heavy atom. The van der Waals surface area contributed by atoms with Gasteiger partial charge in [-0.3, -0.25) is 0 Å². The van der Waals surface area contributed by atoms with E-state index in [2.05, 4.69) is 24.5 Å². The quantitative estimate of drug-likeness (QED) is 0.617. The molecule has 0 spiro atoms. The van der Waals surface area contributed by atoms with Gasteiger partial charge in [0, 0.05) is 12.6 Å². The van der Waals surface area contributed by atoms with Crippen molar-refractivity contribution in [2.75, 3.05) is 7.05 Å². The summed E-state index contributed by atoms with van der Waals surface area (Å²) >= 11 is 0. The molecule has 64 valence electrons. The van der Waals surface area contributed by atoms with Gasteiger partial charge in [-0.25, -0.2) is 4.79 Å². The van der Waals surface area contributed by atoms with Gasteiger partial charge in [0.25, 0.3) is 0 Å². The summed E-state index contributed by atoms with van der Waals surface area (Å²) < 4.78 is 0. The first-order chi connectivity index (χ1) is 5.06. The van der Waals surface area contributed by atoms with E-state index in [1.165, 1.54) is 12.8 Å². The highest BCUT2D eigenvalue weighted by Gasteiger charge is 2.38. The molecule has 0 aromatic rings. The zero-order valence-corrected chi connectivity index (χ0v) is 7.40. The third kappa shape index (κ3) is 2.10. The van der Waals surface area contributed by atoms with Gasteiger partial charge in [-0.15, -0.1) is 0 Å². The molecule has 0 unspecified atom stereocenters. The van der Waals surface area contributed by atoms with Crippen LogP contribution in [0.5, 0.6) is 0 Å². The maximum absolute atomic E-state index is 10.9. The van der Waals surface area contributed by atoms with Crippen molar-refractivity contribution in [3.8, 4) is 0 Å². The molecular formula is C8H16N2O. The van der Waals surface area contributed by atoms with Crippen molar-refractivity contribution in [3.63, 3.8) is 0 Å². The van der Waals surface area contributed by atoms with E-state index in [0.29, 0.717) is 5.92 Å². The van der Waals surface area contributed by atoms with Crippen LogP contribution < -0.4 is 10.6 Å². The van der Waals surface area contributed by atoms with Crippen LogP contribution in [0.3, 0.4) is 0 Å². The Balaban J connectivity index is 2.38. The average Bonchev–Trinajstić information content (AvgIpc) is 2.66. The minimum absolute atomic E-state index is 0.0277. The maximum Gasteiger partial charge on any atom is 0.314 e. The summed E-state index contributed by atoms with van der Waals surface area (Å²) in [6, 6.07) is -0.0816. The van der Waals surface area contributed by atoms with E-state index < -0.39 is 0 Å². The molecule has 1 aliphatic rings. The summed E-state index contributed by atoms with van der Waals surface area (Å²) in [5.74, 6) is 0.680. The van der Waals surface area contributed by atoms with Gasteiger partial charge in [0.05, 0.1) is 0 Å². The average molecular weight is 156 g/mol. The van der Waals surface area contributed by atoms with Crippen LogP contribution in [0.25, 0.3) is 0 Å². The van der Waals surface area contributed by atoms with Gasteiger partial charge >= 0.3 is 6.03 Å². The SMILES string of the molecule is CNC(=O)NC(C)(C)C1CC1. The van der Waals surface area contributed by atoms with Gasteiger partial charge in [-0.05, 0) is 32.6 Å². The topological polar surface area (TPSA) is 41.1 Å². The summed E-state index contributed by atoms with van der Waals surface area (Å²) in [5, 5.41) is 5.47. The van der Waals surface area contributed by atoms with E-state index in [1.54, 1.807) is 7.05 Å². The molecule has 1 saturated carbocycles. The van der Waals surface area contributed by atoms with Crippen molar-refractivity contribution in [1.29, 1.82) is 0 Å². The van der Waals surface area contributed by atoms with E-state index in [4.69, 9.17) is 0 Å². The fourth-order valence-electron chi connectivity index (χ4n) is 1.26. The molecule has 3 heteroatoms. The van der Waals surface area contributed by atoms with Gasteiger partial charge in [0.15, 0.2) is 0 Å². The van der Waals surface area contributed by atoms with Crippen LogP contribution in [0.15, 0.2) is 0 Å². The van der Waals surface area contributed by atoms with E-state index >= 15 is 0 Å². The van der Waals surface area contributed by atoms with Gasteiger partial charge in [0.1, 0.15) is 0 Å². The van der Waals surface area contributed by atoms with Crippen LogP contribution in [0.1, 0.15) is 26.7 Å². The van der Waals surface area contributed by atoms with E-state index in [-0.39, 0.29) is 11.6 Å². The highest BCUT2D eigenvalue weighted by molar-refractivity contribution is 5.74. The Morgan fingerprint density at radius 1 is 1.45 bits per heavy atom. The number of hydrogen-bond acceptors (Lipinski definition) is 1. The number of nitrogens with one attached hydrogen (secondary N) is 2. The zero-order valence-electron chi connectivity index (χ0n) is 7.40. The van der Waals surface area contributed by atoms with Crippen LogP contribution in [0.4, 0.5) is 4.79 Å². The second kappa shape index (κ2) is 2.72. The monoisotopic (exact) mass is 156 g/mol. The lowest BCUT2D eigenvalue weighted by Gasteiger charge is -2.25. The molecular weight excluding hydrogens is 140 g/mol. The van der Waals surface area contributed by atoms with Crippen LogP contribution in [0, 0.1) is 5.92 Å². The normalized spacial score (nSPS) is 17.7. The second-order valence-corrected chi connectivity index (χ2v) is 3.70. The third-order valence-corrected chi connectivity index (χ3v) is 2.26. The van der Waals surface area contributed by atoms with Gasteiger partial charge < -0.3 is 10.6 Å². The van der Waals surface area contributed by atoms with Crippen LogP contribution in [-0.4, -0.2) is 18.6 Å². The lowest BCUT2D eigenvalue weighted by Crippen LogP contribution is -2.48. The van der Waals surface area contributed by atoms with Crippen molar-refractivity contribution in [2.45, 2.75) is 32.2 Å². The van der Waals surface area contributed by atoms with Crippen molar-refractivity contribution in [2.24, 2.45) is 5.92 Å². The standard InChI is InChI=1S/C8H16N2O/c1-8(2,6-4-5-6)10-7(11)9-3/h6H,4-5H2,1-3H3,(H2,9,10,11). The second-order valence-electron chi connectivity index (χ2n) is 3.70. The zero-order chi connectivity index (χ0) is 8.48. The number of urea groups is 1. The summed E-state index contributed by atoms with van der Waals surface area (Å²) in [7, 11) is 1.64. The lowest BCUT2D eigenvalue weighted by atomic mass is 9.99. The molecule has 0 atom stereocenters. The Morgan fingerprint density at radius 2 is 2.00 bits per heavy atom. The molecule has 0 radical (unpaired) electrons. The molecule has 0 aromatic heterocycles.